The molecule has 32 heavy (non-hydrogen) atoms. The average Bonchev–Trinajstić information content (AvgIpc) is 3.39. The van der Waals surface area contributed by atoms with Gasteiger partial charge in [-0.25, -0.2) is 4.79 Å². The predicted molar refractivity (Wildman–Crippen MR) is 128 cm³/mol. The molecule has 0 N–H and O–H groups in total. The maximum atomic E-state index is 12.8. The lowest BCUT2D eigenvalue weighted by molar-refractivity contribution is -0.123. The minimum atomic E-state index is -0.467. The quantitative estimate of drug-likeness (QED) is 0.265. The average molecular weight is 470 g/mol. The van der Waals surface area contributed by atoms with Crippen LogP contribution in [0.1, 0.15) is 34.3 Å². The molecule has 1 unspecified atom stereocenters. The van der Waals surface area contributed by atoms with E-state index in [0.29, 0.717) is 32.8 Å². The molecule has 1 atom stereocenters. The Morgan fingerprint density at radius 1 is 1.25 bits per heavy atom. The van der Waals surface area contributed by atoms with E-state index in [1.165, 1.54) is 18.9 Å². The van der Waals surface area contributed by atoms with Crippen molar-refractivity contribution in [3.8, 4) is 11.5 Å². The fraction of sp³-hybridized carbons (Fsp3) is 0.292. The predicted octanol–water partition coefficient (Wildman–Crippen LogP) is 4.60. The van der Waals surface area contributed by atoms with Crippen molar-refractivity contribution in [3.63, 3.8) is 0 Å². The molecule has 0 radical (unpaired) electrons. The zero-order valence-corrected chi connectivity index (χ0v) is 19.5. The number of ether oxygens (including phenoxy) is 3. The van der Waals surface area contributed by atoms with Crippen LogP contribution in [-0.4, -0.2) is 47.5 Å². The number of thioether (sulfide) groups is 1. The Bertz CT molecular complexity index is 1070. The van der Waals surface area contributed by atoms with Crippen molar-refractivity contribution >= 4 is 46.3 Å². The molecular formula is C24H23NO5S2. The number of carbonyl (C=O) groups is 2. The first kappa shape index (κ1) is 22.5. The Labute approximate surface area is 196 Å². The van der Waals surface area contributed by atoms with E-state index in [0.717, 1.165) is 30.6 Å². The van der Waals surface area contributed by atoms with Gasteiger partial charge in [0.25, 0.3) is 5.91 Å². The van der Waals surface area contributed by atoms with Gasteiger partial charge in [0.15, 0.2) is 11.5 Å². The number of esters is 1. The summed E-state index contributed by atoms with van der Waals surface area (Å²) in [6, 6.07) is 12.3. The summed E-state index contributed by atoms with van der Waals surface area (Å²) < 4.78 is 17.1. The van der Waals surface area contributed by atoms with Gasteiger partial charge in [-0.05, 0) is 55.7 Å². The highest BCUT2D eigenvalue weighted by molar-refractivity contribution is 8.26. The first-order valence-electron chi connectivity index (χ1n) is 10.3. The molecule has 1 amide bonds. The molecule has 6 nitrogen and oxygen atoms in total. The molecule has 2 heterocycles. The number of nitrogens with zero attached hydrogens (tertiary/aromatic N) is 1. The molecule has 0 bridgehead atoms. The lowest BCUT2D eigenvalue weighted by atomic mass is 10.1. The number of amides is 1. The fourth-order valence-corrected chi connectivity index (χ4v) is 4.78. The number of methoxy groups -OCH3 is 1. The lowest BCUT2D eigenvalue weighted by Crippen LogP contribution is -2.35. The third-order valence-corrected chi connectivity index (χ3v) is 6.64. The second-order valence-corrected chi connectivity index (χ2v) is 9.27. The Balaban J connectivity index is 1.49. The summed E-state index contributed by atoms with van der Waals surface area (Å²) in [4.78, 5) is 27.4. The van der Waals surface area contributed by atoms with Crippen molar-refractivity contribution in [3.05, 3.63) is 64.1 Å². The molecule has 2 aliphatic rings. The number of hydrogen-bond donors (Lipinski definition) is 0. The highest BCUT2D eigenvalue weighted by Gasteiger charge is 2.34. The number of carbonyl (C=O) groups excluding carboxylic acids is 2. The van der Waals surface area contributed by atoms with E-state index in [1.807, 2.05) is 19.1 Å². The Morgan fingerprint density at radius 3 is 2.72 bits per heavy atom. The number of hydrogen-bond acceptors (Lipinski definition) is 7. The van der Waals surface area contributed by atoms with Gasteiger partial charge < -0.3 is 14.2 Å². The third kappa shape index (κ3) is 5.03. The van der Waals surface area contributed by atoms with Gasteiger partial charge in [0, 0.05) is 6.61 Å². The zero-order chi connectivity index (χ0) is 22.7. The number of thiocarbonyl (C=S) groups is 1. The maximum Gasteiger partial charge on any atom is 0.343 e. The van der Waals surface area contributed by atoms with Gasteiger partial charge in [0.1, 0.15) is 4.32 Å². The molecule has 2 aromatic carbocycles. The zero-order valence-electron chi connectivity index (χ0n) is 17.8. The van der Waals surface area contributed by atoms with Crippen LogP contribution in [0.25, 0.3) is 6.08 Å². The van der Waals surface area contributed by atoms with Crippen LogP contribution in [-0.2, 0) is 9.53 Å². The van der Waals surface area contributed by atoms with Gasteiger partial charge in [-0.3, -0.25) is 9.69 Å². The van der Waals surface area contributed by atoms with Crippen LogP contribution in [0.4, 0.5) is 0 Å². The topological polar surface area (TPSA) is 65.1 Å². The van der Waals surface area contributed by atoms with Gasteiger partial charge in [0.05, 0.1) is 30.2 Å². The van der Waals surface area contributed by atoms with Gasteiger partial charge in [0.2, 0.25) is 0 Å². The lowest BCUT2D eigenvalue weighted by Gasteiger charge is -2.18. The van der Waals surface area contributed by atoms with Crippen molar-refractivity contribution in [1.82, 2.24) is 4.90 Å². The van der Waals surface area contributed by atoms with Gasteiger partial charge >= 0.3 is 5.97 Å². The summed E-state index contributed by atoms with van der Waals surface area (Å²) in [5.41, 5.74) is 2.26. The molecule has 2 saturated heterocycles. The maximum absolute atomic E-state index is 12.8. The fourth-order valence-electron chi connectivity index (χ4n) is 3.51. The Hall–Kier alpha value is -2.68. The molecule has 0 aliphatic carbocycles. The molecule has 8 heteroatoms. The van der Waals surface area contributed by atoms with E-state index in [-0.39, 0.29) is 12.0 Å². The summed E-state index contributed by atoms with van der Waals surface area (Å²) in [6.45, 7) is 3.17. The highest BCUT2D eigenvalue weighted by atomic mass is 32.2. The number of rotatable bonds is 6. The molecule has 2 aromatic rings. The van der Waals surface area contributed by atoms with E-state index >= 15 is 0 Å². The molecule has 0 spiro atoms. The van der Waals surface area contributed by atoms with Crippen LogP contribution >= 0.6 is 24.0 Å². The largest absolute Gasteiger partial charge is 0.493 e. The first-order valence-corrected chi connectivity index (χ1v) is 11.5. The van der Waals surface area contributed by atoms with Gasteiger partial charge in [-0.2, -0.15) is 0 Å². The van der Waals surface area contributed by atoms with E-state index in [1.54, 1.807) is 41.3 Å². The molecule has 2 aliphatic heterocycles. The van der Waals surface area contributed by atoms with Crippen molar-refractivity contribution in [1.29, 1.82) is 0 Å². The second kappa shape index (κ2) is 9.85. The van der Waals surface area contributed by atoms with Gasteiger partial charge in [-0.15, -0.1) is 0 Å². The smallest absolute Gasteiger partial charge is 0.343 e. The van der Waals surface area contributed by atoms with Crippen molar-refractivity contribution in [2.45, 2.75) is 25.9 Å². The van der Waals surface area contributed by atoms with E-state index in [9.17, 15) is 9.59 Å². The Morgan fingerprint density at radius 2 is 2.03 bits per heavy atom. The monoisotopic (exact) mass is 469 g/mol. The first-order chi connectivity index (χ1) is 15.4. The molecule has 0 saturated carbocycles. The van der Waals surface area contributed by atoms with E-state index in [4.69, 9.17) is 26.4 Å². The minimum absolute atomic E-state index is 0.0412. The summed E-state index contributed by atoms with van der Waals surface area (Å²) in [7, 11) is 1.50. The standard InChI is InChI=1S/C24H23NO5S2/c1-15-5-8-17(9-6-15)23(27)30-19-10-7-16(12-20(19)28-2)13-21-22(26)25(24(31)32-21)14-18-4-3-11-29-18/h5-10,12-13,18H,3-4,11,14H2,1-2H3/b21-13+. The van der Waals surface area contributed by atoms with Crippen molar-refractivity contribution in [2.75, 3.05) is 20.3 Å². The number of benzene rings is 2. The normalized spacial score (nSPS) is 19.6. The molecule has 4 rings (SSSR count). The van der Waals surface area contributed by atoms with E-state index in [2.05, 4.69) is 0 Å². The van der Waals surface area contributed by atoms with Crippen LogP contribution in [0, 0.1) is 6.92 Å². The summed E-state index contributed by atoms with van der Waals surface area (Å²) >= 11 is 6.68. The van der Waals surface area contributed by atoms with Crippen molar-refractivity contribution in [2.24, 2.45) is 0 Å². The van der Waals surface area contributed by atoms with Crippen LogP contribution < -0.4 is 9.47 Å². The van der Waals surface area contributed by atoms with Crippen LogP contribution in [0.2, 0.25) is 0 Å². The summed E-state index contributed by atoms with van der Waals surface area (Å²) in [5.74, 6) is 0.116. The molecular weight excluding hydrogens is 446 g/mol. The summed E-state index contributed by atoms with van der Waals surface area (Å²) in [6.07, 6.45) is 3.76. The molecule has 166 valence electrons. The Kier molecular flexibility index (Phi) is 6.93. The third-order valence-electron chi connectivity index (χ3n) is 5.26. The highest BCUT2D eigenvalue weighted by Crippen LogP contribution is 2.35. The van der Waals surface area contributed by atoms with Crippen LogP contribution in [0.3, 0.4) is 0 Å². The van der Waals surface area contributed by atoms with E-state index < -0.39 is 5.97 Å². The van der Waals surface area contributed by atoms with Crippen molar-refractivity contribution < 1.29 is 23.8 Å². The minimum Gasteiger partial charge on any atom is -0.493 e. The van der Waals surface area contributed by atoms with Crippen LogP contribution in [0.5, 0.6) is 11.5 Å². The summed E-state index contributed by atoms with van der Waals surface area (Å²) in [5, 5.41) is 0. The number of aryl methyl sites for hydroxylation is 1. The second-order valence-electron chi connectivity index (χ2n) is 7.59. The van der Waals surface area contributed by atoms with Gasteiger partial charge in [-0.1, -0.05) is 47.7 Å². The SMILES string of the molecule is COc1cc(/C=C2/SC(=S)N(CC3CCCO3)C2=O)ccc1OC(=O)c1ccc(C)cc1. The molecule has 2 fully saturated rings. The van der Waals surface area contributed by atoms with Crippen LogP contribution in [0.15, 0.2) is 47.4 Å². The molecule has 0 aromatic heterocycles.